The number of aromatic hydroxyl groups is 1. The number of H-pyrrole nitrogens is 1. The van der Waals surface area contributed by atoms with Gasteiger partial charge in [-0.1, -0.05) is 53.5 Å². The highest BCUT2D eigenvalue weighted by Crippen LogP contribution is 2.37. The first kappa shape index (κ1) is 18.4. The van der Waals surface area contributed by atoms with Crippen LogP contribution in [0.1, 0.15) is 5.56 Å². The van der Waals surface area contributed by atoms with Crippen molar-refractivity contribution in [3.05, 3.63) is 88.5 Å². The van der Waals surface area contributed by atoms with Crippen molar-refractivity contribution in [2.24, 2.45) is 0 Å². The van der Waals surface area contributed by atoms with Gasteiger partial charge in [-0.15, -0.1) is 0 Å². The Morgan fingerprint density at radius 3 is 2.46 bits per heavy atom. The first-order valence-electron chi connectivity index (χ1n) is 8.61. The van der Waals surface area contributed by atoms with Gasteiger partial charge in [0.1, 0.15) is 18.1 Å². The maximum atomic E-state index is 10.6. The van der Waals surface area contributed by atoms with Crippen LogP contribution >= 0.6 is 23.2 Å². The van der Waals surface area contributed by atoms with E-state index in [-0.39, 0.29) is 5.75 Å². The van der Waals surface area contributed by atoms with Crippen LogP contribution in [0.4, 0.5) is 0 Å². The normalized spacial score (nSPS) is 10.8. The fourth-order valence-electron chi connectivity index (χ4n) is 2.93. The summed E-state index contributed by atoms with van der Waals surface area (Å²) >= 11 is 12.1. The average Bonchev–Trinajstić information content (AvgIpc) is 3.17. The van der Waals surface area contributed by atoms with Crippen molar-refractivity contribution in [1.29, 1.82) is 0 Å². The van der Waals surface area contributed by atoms with Gasteiger partial charge in [0.05, 0.1) is 11.9 Å². The van der Waals surface area contributed by atoms with Gasteiger partial charge < -0.3 is 9.84 Å². The quantitative estimate of drug-likeness (QED) is 0.403. The van der Waals surface area contributed by atoms with Crippen LogP contribution in [0.3, 0.4) is 0 Å². The van der Waals surface area contributed by atoms with Crippen LogP contribution in [-0.4, -0.2) is 15.3 Å². The lowest BCUT2D eigenvalue weighted by molar-refractivity contribution is 0.304. The second-order valence-corrected chi connectivity index (χ2v) is 7.07. The number of halogens is 2. The molecule has 6 heteroatoms. The molecule has 0 atom stereocenters. The number of nitrogens with zero attached hydrogens (tertiary/aromatic N) is 1. The lowest BCUT2D eigenvalue weighted by Gasteiger charge is -2.11. The van der Waals surface area contributed by atoms with E-state index in [9.17, 15) is 5.11 Å². The molecule has 0 amide bonds. The predicted molar refractivity (Wildman–Crippen MR) is 112 cm³/mol. The van der Waals surface area contributed by atoms with Gasteiger partial charge in [0.2, 0.25) is 0 Å². The largest absolute Gasteiger partial charge is 0.507 e. The van der Waals surface area contributed by atoms with Crippen molar-refractivity contribution in [1.82, 2.24) is 10.2 Å². The number of rotatable bonds is 5. The molecule has 0 aliphatic heterocycles. The summed E-state index contributed by atoms with van der Waals surface area (Å²) in [6, 6.07) is 20.1. The third-order valence-corrected chi connectivity index (χ3v) is 5.01. The van der Waals surface area contributed by atoms with Crippen LogP contribution in [0.15, 0.2) is 72.9 Å². The molecule has 0 bridgehead atoms. The Morgan fingerprint density at radius 1 is 0.929 bits per heavy atom. The molecule has 4 aromatic rings. The van der Waals surface area contributed by atoms with Crippen LogP contribution < -0.4 is 4.74 Å². The number of aromatic nitrogens is 2. The third kappa shape index (κ3) is 3.84. The minimum absolute atomic E-state index is 0.0936. The molecular formula is C22H16Cl2N2O2. The van der Waals surface area contributed by atoms with E-state index in [1.165, 1.54) is 0 Å². The predicted octanol–water partition coefficient (Wildman–Crippen LogP) is 6.34. The Balaban J connectivity index is 1.58. The Bertz CT molecular complexity index is 1110. The fraction of sp³-hybridized carbons (Fsp3) is 0.0455. The van der Waals surface area contributed by atoms with Gasteiger partial charge in [0.25, 0.3) is 0 Å². The molecule has 2 N–H and O–H groups in total. The van der Waals surface area contributed by atoms with Gasteiger partial charge in [0.15, 0.2) is 0 Å². The summed E-state index contributed by atoms with van der Waals surface area (Å²) in [5.41, 5.74) is 4.06. The second kappa shape index (κ2) is 7.97. The molecule has 0 spiro atoms. The average molecular weight is 411 g/mol. The molecule has 0 aliphatic rings. The maximum absolute atomic E-state index is 10.6. The Kier molecular flexibility index (Phi) is 5.24. The number of aromatic amines is 1. The molecule has 0 saturated heterocycles. The zero-order chi connectivity index (χ0) is 19.5. The van der Waals surface area contributed by atoms with Crippen LogP contribution in [-0.2, 0) is 6.61 Å². The van der Waals surface area contributed by atoms with Crippen LogP contribution in [0.2, 0.25) is 10.0 Å². The number of ether oxygens (including phenoxy) is 1. The monoisotopic (exact) mass is 410 g/mol. The van der Waals surface area contributed by atoms with Crippen LogP contribution in [0.5, 0.6) is 11.5 Å². The molecule has 1 aromatic heterocycles. The van der Waals surface area contributed by atoms with E-state index in [1.54, 1.807) is 24.4 Å². The molecule has 4 rings (SSSR count). The summed E-state index contributed by atoms with van der Waals surface area (Å²) in [7, 11) is 0. The van der Waals surface area contributed by atoms with E-state index in [4.69, 9.17) is 27.9 Å². The highest BCUT2D eigenvalue weighted by molar-refractivity contribution is 6.31. The van der Waals surface area contributed by atoms with E-state index in [0.29, 0.717) is 28.0 Å². The number of hydrogen-bond acceptors (Lipinski definition) is 3. The van der Waals surface area contributed by atoms with Crippen molar-refractivity contribution < 1.29 is 9.84 Å². The Morgan fingerprint density at radius 2 is 1.71 bits per heavy atom. The smallest absolute Gasteiger partial charge is 0.128 e. The van der Waals surface area contributed by atoms with E-state index < -0.39 is 0 Å². The molecule has 0 aliphatic carbocycles. The summed E-state index contributed by atoms with van der Waals surface area (Å²) in [4.78, 5) is 0. The van der Waals surface area contributed by atoms with Crippen molar-refractivity contribution in [3.63, 3.8) is 0 Å². The minimum Gasteiger partial charge on any atom is -0.507 e. The first-order valence-corrected chi connectivity index (χ1v) is 9.36. The number of benzene rings is 3. The third-order valence-electron chi connectivity index (χ3n) is 4.39. The molecule has 0 fully saturated rings. The lowest BCUT2D eigenvalue weighted by atomic mass is 10.0. The zero-order valence-electron chi connectivity index (χ0n) is 14.7. The van der Waals surface area contributed by atoms with Gasteiger partial charge in [0, 0.05) is 32.8 Å². The number of nitrogens with one attached hydrogen (secondary N) is 1. The molecule has 0 radical (unpaired) electrons. The Labute approximate surface area is 172 Å². The molecule has 1 heterocycles. The minimum atomic E-state index is 0.0936. The van der Waals surface area contributed by atoms with Gasteiger partial charge in [-0.05, 0) is 35.9 Å². The topological polar surface area (TPSA) is 58.1 Å². The van der Waals surface area contributed by atoms with E-state index in [2.05, 4.69) is 10.2 Å². The highest BCUT2D eigenvalue weighted by Gasteiger charge is 2.14. The summed E-state index contributed by atoms with van der Waals surface area (Å²) in [6.45, 7) is 0.318. The zero-order valence-corrected chi connectivity index (χ0v) is 16.2. The maximum Gasteiger partial charge on any atom is 0.128 e. The molecule has 4 nitrogen and oxygen atoms in total. The molecule has 0 unspecified atom stereocenters. The molecule has 140 valence electrons. The highest BCUT2D eigenvalue weighted by atomic mass is 35.5. The lowest BCUT2D eigenvalue weighted by Crippen LogP contribution is -1.96. The number of hydrogen-bond donors (Lipinski definition) is 2. The standard InChI is InChI=1S/C22H16Cl2N2O2/c23-16-7-5-14(6-8-16)19-12-25-26-22(19)18-10-9-17(11-21(18)27)28-13-15-3-1-2-4-20(15)24/h1-12,27H,13H2,(H,25,26). The van der Waals surface area contributed by atoms with Crippen molar-refractivity contribution in [2.75, 3.05) is 0 Å². The molecular weight excluding hydrogens is 395 g/mol. The summed E-state index contributed by atoms with van der Waals surface area (Å²) < 4.78 is 5.77. The molecule has 0 saturated carbocycles. The van der Waals surface area contributed by atoms with Crippen LogP contribution in [0, 0.1) is 0 Å². The SMILES string of the molecule is Oc1cc(OCc2ccccc2Cl)ccc1-c1[nH]ncc1-c1ccc(Cl)cc1. The van der Waals surface area contributed by atoms with Gasteiger partial charge in [-0.2, -0.15) is 5.10 Å². The summed E-state index contributed by atoms with van der Waals surface area (Å²) in [5.74, 6) is 0.643. The summed E-state index contributed by atoms with van der Waals surface area (Å²) in [6.07, 6.45) is 1.72. The van der Waals surface area contributed by atoms with E-state index >= 15 is 0 Å². The van der Waals surface area contributed by atoms with E-state index in [0.717, 1.165) is 22.4 Å². The first-order chi connectivity index (χ1) is 13.6. The van der Waals surface area contributed by atoms with Gasteiger partial charge in [-0.25, -0.2) is 0 Å². The van der Waals surface area contributed by atoms with Crippen molar-refractivity contribution in [2.45, 2.75) is 6.61 Å². The van der Waals surface area contributed by atoms with Crippen LogP contribution in [0.25, 0.3) is 22.4 Å². The van der Waals surface area contributed by atoms with Crippen molar-refractivity contribution >= 4 is 23.2 Å². The summed E-state index contributed by atoms with van der Waals surface area (Å²) in [5, 5.41) is 19.0. The second-order valence-electron chi connectivity index (χ2n) is 6.22. The number of phenolic OH excluding ortho intramolecular Hbond substituents is 1. The van der Waals surface area contributed by atoms with Crippen molar-refractivity contribution in [3.8, 4) is 33.9 Å². The fourth-order valence-corrected chi connectivity index (χ4v) is 3.25. The van der Waals surface area contributed by atoms with Gasteiger partial charge in [-0.3, -0.25) is 5.10 Å². The number of phenols is 1. The van der Waals surface area contributed by atoms with E-state index in [1.807, 2.05) is 48.5 Å². The van der Waals surface area contributed by atoms with Gasteiger partial charge >= 0.3 is 0 Å². The molecule has 28 heavy (non-hydrogen) atoms. The molecule has 3 aromatic carbocycles. The Hall–Kier alpha value is -2.95.